The van der Waals surface area contributed by atoms with E-state index in [1.54, 1.807) is 0 Å². The highest BCUT2D eigenvalue weighted by atomic mass is 16.2. The van der Waals surface area contributed by atoms with E-state index in [1.165, 1.54) is 11.9 Å². The number of anilines is 1. The number of hydrogen-bond donors (Lipinski definition) is 0. The van der Waals surface area contributed by atoms with E-state index in [0.717, 1.165) is 22.1 Å². The highest BCUT2D eigenvalue weighted by Crippen LogP contribution is 2.38. The van der Waals surface area contributed by atoms with Gasteiger partial charge in [0.2, 0.25) is 5.91 Å². The molecule has 0 atom stereocenters. The van der Waals surface area contributed by atoms with Crippen LogP contribution in [0.25, 0.3) is 10.8 Å². The monoisotopic (exact) mass is 211 g/mol. The van der Waals surface area contributed by atoms with Gasteiger partial charge in [0.1, 0.15) is 0 Å². The van der Waals surface area contributed by atoms with Gasteiger partial charge in [0.05, 0.1) is 11.4 Å². The van der Waals surface area contributed by atoms with Crippen molar-refractivity contribution in [3.8, 4) is 0 Å². The molecule has 78 valence electrons. The van der Waals surface area contributed by atoms with Crippen LogP contribution < -0.4 is 5.01 Å². The van der Waals surface area contributed by atoms with Crippen molar-refractivity contribution in [1.29, 1.82) is 0 Å². The maximum atomic E-state index is 11.4. The van der Waals surface area contributed by atoms with Gasteiger partial charge < -0.3 is 0 Å². The Balaban J connectivity index is 2.40. The molecule has 1 aliphatic heterocycles. The minimum atomic E-state index is -0.134. The molecular formula is C12H9N3O. The van der Waals surface area contributed by atoms with Crippen molar-refractivity contribution in [2.75, 3.05) is 5.01 Å². The fraction of sp³-hybridized carbons (Fsp3) is 0.0833. The first kappa shape index (κ1) is 9.03. The van der Waals surface area contributed by atoms with E-state index in [0.29, 0.717) is 0 Å². The molecule has 16 heavy (non-hydrogen) atoms. The molecule has 1 heterocycles. The second-order valence-corrected chi connectivity index (χ2v) is 3.67. The number of nitrogens with zero attached hydrogens (tertiary/aromatic N) is 3. The number of benzene rings is 2. The van der Waals surface area contributed by atoms with E-state index >= 15 is 0 Å². The summed E-state index contributed by atoms with van der Waals surface area (Å²) in [5.74, 6) is -0.134. The summed E-state index contributed by atoms with van der Waals surface area (Å²) in [7, 11) is 0. The summed E-state index contributed by atoms with van der Waals surface area (Å²) in [6, 6.07) is 11.6. The third kappa shape index (κ3) is 1.13. The van der Waals surface area contributed by atoms with Crippen LogP contribution in [0, 0.1) is 0 Å². The van der Waals surface area contributed by atoms with Crippen molar-refractivity contribution in [3.05, 3.63) is 36.4 Å². The maximum Gasteiger partial charge on any atom is 0.245 e. The van der Waals surface area contributed by atoms with Crippen molar-refractivity contribution in [3.63, 3.8) is 0 Å². The predicted octanol–water partition coefficient (Wildman–Crippen LogP) is 3.21. The Morgan fingerprint density at radius 1 is 1.19 bits per heavy atom. The molecule has 0 aliphatic carbocycles. The Morgan fingerprint density at radius 2 is 1.94 bits per heavy atom. The molecule has 0 saturated heterocycles. The maximum absolute atomic E-state index is 11.4. The van der Waals surface area contributed by atoms with Crippen LogP contribution in [0.5, 0.6) is 0 Å². The average Bonchev–Trinajstić information content (AvgIpc) is 2.30. The lowest BCUT2D eigenvalue weighted by Gasteiger charge is -2.20. The number of carbonyl (C=O) groups excluding carboxylic acids is 1. The minimum Gasteiger partial charge on any atom is -0.273 e. The molecule has 0 fully saturated rings. The highest BCUT2D eigenvalue weighted by molar-refractivity contribution is 6.08. The first-order chi connectivity index (χ1) is 7.77. The second kappa shape index (κ2) is 3.13. The summed E-state index contributed by atoms with van der Waals surface area (Å²) in [4.78, 5) is 11.4. The molecule has 0 saturated carbocycles. The molecule has 2 aromatic rings. The van der Waals surface area contributed by atoms with E-state index in [-0.39, 0.29) is 5.91 Å². The van der Waals surface area contributed by atoms with E-state index < -0.39 is 0 Å². The van der Waals surface area contributed by atoms with Gasteiger partial charge in [0.25, 0.3) is 0 Å². The van der Waals surface area contributed by atoms with E-state index in [4.69, 9.17) is 0 Å². The molecule has 4 nitrogen and oxygen atoms in total. The Morgan fingerprint density at radius 3 is 2.69 bits per heavy atom. The average molecular weight is 211 g/mol. The first-order valence-electron chi connectivity index (χ1n) is 5.01. The summed E-state index contributed by atoms with van der Waals surface area (Å²) in [6.45, 7) is 1.48. The van der Waals surface area contributed by atoms with Gasteiger partial charge in [0.15, 0.2) is 0 Å². The van der Waals surface area contributed by atoms with E-state index in [1.807, 2.05) is 36.4 Å². The predicted molar refractivity (Wildman–Crippen MR) is 61.6 cm³/mol. The molecule has 1 aliphatic rings. The molecule has 2 aromatic carbocycles. The van der Waals surface area contributed by atoms with E-state index in [9.17, 15) is 4.79 Å². The normalized spacial score (nSPS) is 13.2. The topological polar surface area (TPSA) is 45.0 Å². The lowest BCUT2D eigenvalue weighted by molar-refractivity contribution is -0.116. The molecule has 0 spiro atoms. The van der Waals surface area contributed by atoms with Gasteiger partial charge in [-0.15, -0.1) is 5.11 Å². The number of rotatable bonds is 0. The molecule has 0 bridgehead atoms. The fourth-order valence-electron chi connectivity index (χ4n) is 1.94. The van der Waals surface area contributed by atoms with Crippen molar-refractivity contribution < 1.29 is 4.79 Å². The summed E-state index contributed by atoms with van der Waals surface area (Å²) >= 11 is 0. The van der Waals surface area contributed by atoms with E-state index in [2.05, 4.69) is 10.3 Å². The largest absolute Gasteiger partial charge is 0.273 e. The van der Waals surface area contributed by atoms with Crippen LogP contribution in [-0.2, 0) is 4.79 Å². The van der Waals surface area contributed by atoms with Gasteiger partial charge in [0, 0.05) is 12.3 Å². The SMILES string of the molecule is CC(=O)N1N=Nc2cccc3cccc1c23. The third-order valence-corrected chi connectivity index (χ3v) is 2.63. The van der Waals surface area contributed by atoms with Gasteiger partial charge in [-0.05, 0) is 17.5 Å². The number of amides is 1. The van der Waals surface area contributed by atoms with Crippen LogP contribution in [0.2, 0.25) is 0 Å². The molecule has 4 heteroatoms. The third-order valence-electron chi connectivity index (χ3n) is 2.63. The lowest BCUT2D eigenvalue weighted by atomic mass is 10.1. The smallest absolute Gasteiger partial charge is 0.245 e. The molecule has 3 rings (SSSR count). The van der Waals surface area contributed by atoms with Crippen molar-refractivity contribution >= 4 is 28.1 Å². The van der Waals surface area contributed by atoms with Gasteiger partial charge >= 0.3 is 0 Å². The van der Waals surface area contributed by atoms with Crippen LogP contribution in [0.15, 0.2) is 46.7 Å². The summed E-state index contributed by atoms with van der Waals surface area (Å²) in [6.07, 6.45) is 0. The quantitative estimate of drug-likeness (QED) is 0.659. The molecule has 0 N–H and O–H groups in total. The fourth-order valence-corrected chi connectivity index (χ4v) is 1.94. The van der Waals surface area contributed by atoms with Crippen molar-refractivity contribution in [2.24, 2.45) is 10.3 Å². The Labute approximate surface area is 92.2 Å². The summed E-state index contributed by atoms with van der Waals surface area (Å²) < 4.78 is 0. The summed E-state index contributed by atoms with van der Waals surface area (Å²) in [5, 5.41) is 11.3. The standard InChI is InChI=1S/C12H9N3O/c1-8(16)15-11-7-3-5-9-4-2-6-10(12(9)11)13-14-15/h2-7H,1H3. The molecular weight excluding hydrogens is 202 g/mol. The Hall–Kier alpha value is -2.23. The van der Waals surface area contributed by atoms with Crippen molar-refractivity contribution in [2.45, 2.75) is 6.92 Å². The zero-order valence-corrected chi connectivity index (χ0v) is 8.71. The highest BCUT2D eigenvalue weighted by Gasteiger charge is 2.19. The zero-order chi connectivity index (χ0) is 11.1. The van der Waals surface area contributed by atoms with Gasteiger partial charge in [-0.2, -0.15) is 5.01 Å². The van der Waals surface area contributed by atoms with Crippen LogP contribution >= 0.6 is 0 Å². The molecule has 0 unspecified atom stereocenters. The first-order valence-corrected chi connectivity index (χ1v) is 5.01. The van der Waals surface area contributed by atoms with Crippen LogP contribution in [0.4, 0.5) is 11.4 Å². The molecule has 0 aromatic heterocycles. The number of hydrogen-bond acceptors (Lipinski definition) is 3. The number of carbonyl (C=O) groups is 1. The van der Waals surface area contributed by atoms with Crippen molar-refractivity contribution in [1.82, 2.24) is 0 Å². The van der Waals surface area contributed by atoms with Crippen LogP contribution in [0.3, 0.4) is 0 Å². The Bertz CT molecular complexity index is 613. The Kier molecular flexibility index (Phi) is 1.77. The van der Waals surface area contributed by atoms with Crippen LogP contribution in [-0.4, -0.2) is 5.91 Å². The zero-order valence-electron chi connectivity index (χ0n) is 8.71. The van der Waals surface area contributed by atoms with Crippen LogP contribution in [0.1, 0.15) is 6.92 Å². The summed E-state index contributed by atoms with van der Waals surface area (Å²) in [5.41, 5.74) is 1.61. The lowest BCUT2D eigenvalue weighted by Crippen LogP contribution is -2.22. The molecule has 0 radical (unpaired) electrons. The van der Waals surface area contributed by atoms with Gasteiger partial charge in [-0.1, -0.05) is 29.5 Å². The molecule has 1 amide bonds. The minimum absolute atomic E-state index is 0.134. The second-order valence-electron chi connectivity index (χ2n) is 3.67. The van der Waals surface area contributed by atoms with Gasteiger partial charge in [-0.3, -0.25) is 4.79 Å². The van der Waals surface area contributed by atoms with Gasteiger partial charge in [-0.25, -0.2) is 0 Å².